The van der Waals surface area contributed by atoms with Gasteiger partial charge in [-0.15, -0.1) is 0 Å². The Hall–Kier alpha value is -3.08. The molecule has 2 saturated heterocycles. The second-order valence-corrected chi connectivity index (χ2v) is 9.73. The van der Waals surface area contributed by atoms with E-state index in [1.54, 1.807) is 17.9 Å². The van der Waals surface area contributed by atoms with Gasteiger partial charge in [0.2, 0.25) is 0 Å². The van der Waals surface area contributed by atoms with Gasteiger partial charge in [0.05, 0.1) is 18.2 Å². The number of alkyl halides is 3. The van der Waals surface area contributed by atoms with E-state index < -0.39 is 23.3 Å². The number of rotatable bonds is 6. The SMILES string of the molecule is COC(=O)CCCN1CCC2(CC1)OC(=O)C(C)=C2C(=O)N1CCN(c2cccc(C(F)(F)F)c2)CC1. The molecule has 0 radical (unpaired) electrons. The van der Waals surface area contributed by atoms with Crippen molar-refractivity contribution in [2.24, 2.45) is 0 Å². The predicted molar refractivity (Wildman–Crippen MR) is 129 cm³/mol. The Morgan fingerprint density at radius 3 is 2.38 bits per heavy atom. The third-order valence-electron chi connectivity index (χ3n) is 7.49. The fourth-order valence-corrected chi connectivity index (χ4v) is 5.35. The summed E-state index contributed by atoms with van der Waals surface area (Å²) in [6, 6.07) is 5.19. The van der Waals surface area contributed by atoms with Gasteiger partial charge >= 0.3 is 18.1 Å². The van der Waals surface area contributed by atoms with Crippen molar-refractivity contribution in [1.82, 2.24) is 9.80 Å². The van der Waals surface area contributed by atoms with Gasteiger partial charge in [-0.25, -0.2) is 4.79 Å². The van der Waals surface area contributed by atoms with Crippen LogP contribution >= 0.6 is 0 Å². The highest BCUT2D eigenvalue weighted by atomic mass is 19.4. The van der Waals surface area contributed by atoms with Gasteiger partial charge in [0.25, 0.3) is 5.91 Å². The van der Waals surface area contributed by atoms with Gasteiger partial charge in [0.1, 0.15) is 5.60 Å². The van der Waals surface area contributed by atoms with Crippen molar-refractivity contribution >= 4 is 23.5 Å². The number of esters is 2. The minimum Gasteiger partial charge on any atom is -0.469 e. The van der Waals surface area contributed by atoms with E-state index in [2.05, 4.69) is 9.64 Å². The summed E-state index contributed by atoms with van der Waals surface area (Å²) in [6.45, 7) is 5.01. The maximum Gasteiger partial charge on any atom is 0.416 e. The van der Waals surface area contributed by atoms with E-state index in [-0.39, 0.29) is 11.9 Å². The molecular weight excluding hydrogens is 491 g/mol. The third kappa shape index (κ3) is 5.76. The summed E-state index contributed by atoms with van der Waals surface area (Å²) in [6.07, 6.45) is -2.45. The molecule has 8 nitrogen and oxygen atoms in total. The quantitative estimate of drug-likeness (QED) is 0.531. The smallest absolute Gasteiger partial charge is 0.416 e. The first kappa shape index (κ1) is 27.0. The van der Waals surface area contributed by atoms with Crippen LogP contribution in [0.2, 0.25) is 0 Å². The van der Waals surface area contributed by atoms with Gasteiger partial charge in [-0.1, -0.05) is 6.07 Å². The number of hydrogen-bond donors (Lipinski definition) is 0. The molecule has 1 amide bonds. The molecule has 202 valence electrons. The number of piperidine rings is 1. The average molecular weight is 524 g/mol. The Balaban J connectivity index is 1.38. The summed E-state index contributed by atoms with van der Waals surface area (Å²) in [5.74, 6) is -0.978. The lowest BCUT2D eigenvalue weighted by Gasteiger charge is -2.42. The number of hydrogen-bond acceptors (Lipinski definition) is 7. The van der Waals surface area contributed by atoms with Gasteiger partial charge < -0.3 is 24.2 Å². The number of benzene rings is 1. The number of ether oxygens (including phenoxy) is 2. The molecule has 0 unspecified atom stereocenters. The van der Waals surface area contributed by atoms with Gasteiger partial charge in [-0.05, 0) is 38.1 Å². The van der Waals surface area contributed by atoms with Crippen molar-refractivity contribution in [2.45, 2.75) is 44.4 Å². The number of methoxy groups -OCH3 is 1. The number of amides is 1. The van der Waals surface area contributed by atoms with Crippen LogP contribution in [0.3, 0.4) is 0 Å². The molecule has 37 heavy (non-hydrogen) atoms. The van der Waals surface area contributed by atoms with Crippen molar-refractivity contribution in [3.8, 4) is 0 Å². The Morgan fingerprint density at radius 1 is 1.08 bits per heavy atom. The molecule has 3 aliphatic rings. The second kappa shape index (κ2) is 10.7. The molecule has 2 fully saturated rings. The lowest BCUT2D eigenvalue weighted by Crippen LogP contribution is -2.53. The zero-order valence-corrected chi connectivity index (χ0v) is 21.1. The van der Waals surface area contributed by atoms with Gasteiger partial charge in [-0.3, -0.25) is 9.59 Å². The van der Waals surface area contributed by atoms with E-state index in [4.69, 9.17) is 4.74 Å². The highest BCUT2D eigenvalue weighted by Crippen LogP contribution is 2.42. The van der Waals surface area contributed by atoms with Crippen LogP contribution in [-0.4, -0.2) is 86.2 Å². The largest absolute Gasteiger partial charge is 0.469 e. The summed E-state index contributed by atoms with van der Waals surface area (Å²) in [4.78, 5) is 43.2. The summed E-state index contributed by atoms with van der Waals surface area (Å²) in [5, 5.41) is 0. The fraction of sp³-hybridized carbons (Fsp3) is 0.577. The van der Waals surface area contributed by atoms with E-state index in [1.807, 2.05) is 4.90 Å². The van der Waals surface area contributed by atoms with Crippen LogP contribution in [0.25, 0.3) is 0 Å². The molecule has 3 heterocycles. The summed E-state index contributed by atoms with van der Waals surface area (Å²) < 4.78 is 49.8. The lowest BCUT2D eigenvalue weighted by atomic mass is 9.82. The topological polar surface area (TPSA) is 79.4 Å². The van der Waals surface area contributed by atoms with Crippen molar-refractivity contribution in [2.75, 3.05) is 57.8 Å². The Kier molecular flexibility index (Phi) is 7.82. The van der Waals surface area contributed by atoms with E-state index in [0.29, 0.717) is 88.3 Å². The molecule has 0 aliphatic carbocycles. The fourth-order valence-electron chi connectivity index (χ4n) is 5.35. The van der Waals surface area contributed by atoms with Crippen molar-refractivity contribution in [3.63, 3.8) is 0 Å². The molecule has 0 bridgehead atoms. The maximum atomic E-state index is 13.6. The average Bonchev–Trinajstić information content (AvgIpc) is 3.13. The summed E-state index contributed by atoms with van der Waals surface area (Å²) >= 11 is 0. The molecule has 1 aromatic rings. The van der Waals surface area contributed by atoms with Crippen molar-refractivity contribution in [1.29, 1.82) is 0 Å². The predicted octanol–water partition coefficient (Wildman–Crippen LogP) is 3.02. The number of likely N-dealkylation sites (tertiary alicyclic amines) is 1. The molecule has 0 aromatic heterocycles. The zero-order chi connectivity index (χ0) is 26.8. The molecule has 11 heteroatoms. The van der Waals surface area contributed by atoms with Crippen LogP contribution in [0.5, 0.6) is 0 Å². The number of nitrogens with zero attached hydrogens (tertiary/aromatic N) is 3. The zero-order valence-electron chi connectivity index (χ0n) is 21.1. The second-order valence-electron chi connectivity index (χ2n) is 9.73. The first-order valence-electron chi connectivity index (χ1n) is 12.5. The van der Waals surface area contributed by atoms with Crippen LogP contribution in [0, 0.1) is 0 Å². The van der Waals surface area contributed by atoms with Crippen molar-refractivity contribution < 1.29 is 37.0 Å². The third-order valence-corrected chi connectivity index (χ3v) is 7.49. The highest BCUT2D eigenvalue weighted by Gasteiger charge is 2.51. The van der Waals surface area contributed by atoms with E-state index in [9.17, 15) is 27.6 Å². The van der Waals surface area contributed by atoms with Crippen LogP contribution in [0.15, 0.2) is 35.4 Å². The molecule has 0 N–H and O–H groups in total. The molecule has 1 spiro atoms. The number of carbonyl (C=O) groups is 3. The molecule has 0 atom stereocenters. The Labute approximate surface area is 214 Å². The lowest BCUT2D eigenvalue weighted by molar-refractivity contribution is -0.151. The number of halogens is 3. The van der Waals surface area contributed by atoms with Gasteiger partial charge in [-0.2, -0.15) is 13.2 Å². The first-order valence-corrected chi connectivity index (χ1v) is 12.5. The minimum absolute atomic E-state index is 0.244. The van der Waals surface area contributed by atoms with Gasteiger partial charge in [0.15, 0.2) is 0 Å². The van der Waals surface area contributed by atoms with E-state index >= 15 is 0 Å². The van der Waals surface area contributed by atoms with Crippen LogP contribution in [-0.2, 0) is 30.0 Å². The standard InChI is InChI=1S/C26H32F3N3O5/c1-18-22(25(37-24(18)35)8-11-30(12-9-25)10-4-7-21(33)36-2)23(34)32-15-13-31(14-16-32)20-6-3-5-19(17-20)26(27,28)29/h3,5-6,17H,4,7-16H2,1-2H3. The van der Waals surface area contributed by atoms with Crippen molar-refractivity contribution in [3.05, 3.63) is 41.0 Å². The molecule has 4 rings (SSSR count). The number of anilines is 1. The van der Waals surface area contributed by atoms with E-state index in [1.165, 1.54) is 13.2 Å². The normalized spacial score (nSPS) is 20.4. The minimum atomic E-state index is -4.42. The highest BCUT2D eigenvalue weighted by molar-refractivity contribution is 6.07. The summed E-state index contributed by atoms with van der Waals surface area (Å²) in [7, 11) is 1.36. The Morgan fingerprint density at radius 2 is 1.76 bits per heavy atom. The van der Waals surface area contributed by atoms with Crippen LogP contribution in [0.4, 0.5) is 18.9 Å². The first-order chi connectivity index (χ1) is 17.5. The van der Waals surface area contributed by atoms with Crippen LogP contribution < -0.4 is 4.90 Å². The number of piperazine rings is 1. The molecule has 3 aliphatic heterocycles. The molecule has 1 aromatic carbocycles. The molecular formula is C26H32F3N3O5. The number of carbonyl (C=O) groups excluding carboxylic acids is 3. The molecule has 0 saturated carbocycles. The monoisotopic (exact) mass is 523 g/mol. The Bertz CT molecular complexity index is 1070. The van der Waals surface area contributed by atoms with Gasteiger partial charge in [0, 0.05) is 69.8 Å². The van der Waals surface area contributed by atoms with E-state index in [0.717, 1.165) is 12.1 Å². The summed E-state index contributed by atoms with van der Waals surface area (Å²) in [5.41, 5.74) is -0.476. The maximum absolute atomic E-state index is 13.6. The van der Waals surface area contributed by atoms with Crippen LogP contribution in [0.1, 0.15) is 38.2 Å².